The Labute approximate surface area is 123 Å². The molecule has 0 aliphatic heterocycles. The molecule has 1 N–H and O–H groups in total. The molecule has 5 nitrogen and oxygen atoms in total. The van der Waals surface area contributed by atoms with Gasteiger partial charge in [0.1, 0.15) is 5.82 Å². The van der Waals surface area contributed by atoms with Crippen LogP contribution in [0.4, 0.5) is 11.8 Å². The Morgan fingerprint density at radius 3 is 2.50 bits per heavy atom. The number of rotatable bonds is 9. The van der Waals surface area contributed by atoms with E-state index in [1.54, 1.807) is 0 Å². The summed E-state index contributed by atoms with van der Waals surface area (Å²) in [6.07, 6.45) is 3.46. The van der Waals surface area contributed by atoms with E-state index in [1.165, 1.54) is 12.8 Å². The highest BCUT2D eigenvalue weighted by Gasteiger charge is 2.06. The monoisotopic (exact) mass is 279 g/mol. The Morgan fingerprint density at radius 2 is 1.85 bits per heavy atom. The van der Waals surface area contributed by atoms with Crippen molar-refractivity contribution >= 4 is 11.8 Å². The fourth-order valence-electron chi connectivity index (χ4n) is 1.92. The molecule has 114 valence electrons. The summed E-state index contributed by atoms with van der Waals surface area (Å²) in [5, 5.41) is 3.39. The van der Waals surface area contributed by atoms with E-state index < -0.39 is 0 Å². The highest BCUT2D eigenvalue weighted by atomic mass is 15.2. The first-order valence-electron chi connectivity index (χ1n) is 7.48. The second-order valence-electron chi connectivity index (χ2n) is 5.55. The Morgan fingerprint density at radius 1 is 1.10 bits per heavy atom. The predicted octanol–water partition coefficient (Wildman–Crippen LogP) is 2.38. The minimum Gasteiger partial charge on any atom is -0.370 e. The quantitative estimate of drug-likeness (QED) is 0.703. The maximum atomic E-state index is 4.59. The van der Waals surface area contributed by atoms with Gasteiger partial charge in [0.25, 0.3) is 0 Å². The summed E-state index contributed by atoms with van der Waals surface area (Å²) in [6, 6.07) is 2.01. The summed E-state index contributed by atoms with van der Waals surface area (Å²) in [5.41, 5.74) is 1.01. The van der Waals surface area contributed by atoms with Gasteiger partial charge in [0.05, 0.1) is 0 Å². The Balaban J connectivity index is 2.56. The van der Waals surface area contributed by atoms with Crippen LogP contribution in [0.3, 0.4) is 0 Å². The van der Waals surface area contributed by atoms with Crippen molar-refractivity contribution in [2.75, 3.05) is 51.0 Å². The summed E-state index contributed by atoms with van der Waals surface area (Å²) in [5.74, 6) is 1.74. The van der Waals surface area contributed by atoms with Crippen LogP contribution in [0.2, 0.25) is 0 Å². The largest absolute Gasteiger partial charge is 0.370 e. The third-order valence-electron chi connectivity index (χ3n) is 3.12. The van der Waals surface area contributed by atoms with Crippen LogP contribution in [0.25, 0.3) is 0 Å². The normalized spacial score (nSPS) is 10.9. The molecule has 1 rings (SSSR count). The van der Waals surface area contributed by atoms with E-state index in [-0.39, 0.29) is 0 Å². The summed E-state index contributed by atoms with van der Waals surface area (Å²) in [6.45, 7) is 7.24. The first-order chi connectivity index (χ1) is 9.52. The maximum absolute atomic E-state index is 4.59. The summed E-state index contributed by atoms with van der Waals surface area (Å²) in [4.78, 5) is 13.4. The van der Waals surface area contributed by atoms with Crippen LogP contribution in [-0.2, 0) is 0 Å². The number of aromatic nitrogens is 2. The van der Waals surface area contributed by atoms with Gasteiger partial charge in [-0.1, -0.05) is 13.3 Å². The number of aryl methyl sites for hydroxylation is 1. The molecular formula is C15H29N5. The molecule has 0 bridgehead atoms. The molecule has 0 aliphatic carbocycles. The molecule has 0 aromatic carbocycles. The van der Waals surface area contributed by atoms with Crippen LogP contribution in [0, 0.1) is 6.92 Å². The topological polar surface area (TPSA) is 44.3 Å². The third-order valence-corrected chi connectivity index (χ3v) is 3.12. The first-order valence-corrected chi connectivity index (χ1v) is 7.48. The Kier molecular flexibility index (Phi) is 7.30. The lowest BCUT2D eigenvalue weighted by molar-refractivity contribution is 0.405. The molecule has 0 unspecified atom stereocenters. The molecule has 1 aromatic heterocycles. The van der Waals surface area contributed by atoms with Crippen LogP contribution >= 0.6 is 0 Å². The Hall–Kier alpha value is -1.36. The zero-order valence-electron chi connectivity index (χ0n) is 13.6. The van der Waals surface area contributed by atoms with Crippen molar-refractivity contribution in [3.63, 3.8) is 0 Å². The van der Waals surface area contributed by atoms with Crippen molar-refractivity contribution in [3.05, 3.63) is 11.8 Å². The van der Waals surface area contributed by atoms with E-state index in [1.807, 2.05) is 13.0 Å². The van der Waals surface area contributed by atoms with Gasteiger partial charge in [-0.25, -0.2) is 4.98 Å². The number of nitrogens with zero attached hydrogens (tertiary/aromatic N) is 4. The van der Waals surface area contributed by atoms with E-state index in [0.29, 0.717) is 0 Å². The van der Waals surface area contributed by atoms with Crippen molar-refractivity contribution < 1.29 is 0 Å². The zero-order valence-corrected chi connectivity index (χ0v) is 13.6. The van der Waals surface area contributed by atoms with Gasteiger partial charge >= 0.3 is 0 Å². The third kappa shape index (κ3) is 6.19. The SMILES string of the molecule is CCCCN(C)c1nc(C)cc(NCCCN(C)C)n1. The van der Waals surface area contributed by atoms with Crippen LogP contribution in [0.1, 0.15) is 31.9 Å². The van der Waals surface area contributed by atoms with Gasteiger partial charge < -0.3 is 15.1 Å². The Bertz CT molecular complexity index is 392. The average Bonchev–Trinajstić information content (AvgIpc) is 2.40. The van der Waals surface area contributed by atoms with Gasteiger partial charge in [0.2, 0.25) is 5.95 Å². The molecule has 0 spiro atoms. The van der Waals surface area contributed by atoms with Crippen LogP contribution in [-0.4, -0.2) is 55.6 Å². The minimum atomic E-state index is 0.813. The van der Waals surface area contributed by atoms with E-state index in [9.17, 15) is 0 Å². The molecule has 0 saturated carbocycles. The van der Waals surface area contributed by atoms with Gasteiger partial charge in [-0.15, -0.1) is 0 Å². The highest BCUT2D eigenvalue weighted by molar-refractivity contribution is 5.43. The van der Waals surface area contributed by atoms with E-state index >= 15 is 0 Å². The maximum Gasteiger partial charge on any atom is 0.227 e. The molecule has 1 aromatic rings. The number of hydrogen-bond acceptors (Lipinski definition) is 5. The fraction of sp³-hybridized carbons (Fsp3) is 0.733. The molecular weight excluding hydrogens is 250 g/mol. The molecule has 0 fully saturated rings. The van der Waals surface area contributed by atoms with Gasteiger partial charge in [-0.3, -0.25) is 0 Å². The molecule has 1 heterocycles. The number of anilines is 2. The number of nitrogens with one attached hydrogen (secondary N) is 1. The van der Waals surface area contributed by atoms with Gasteiger partial charge in [0, 0.05) is 31.9 Å². The van der Waals surface area contributed by atoms with Crippen LogP contribution < -0.4 is 10.2 Å². The summed E-state index contributed by atoms with van der Waals surface area (Å²) in [7, 11) is 6.24. The van der Waals surface area contributed by atoms with E-state index in [4.69, 9.17) is 0 Å². The van der Waals surface area contributed by atoms with E-state index in [0.717, 1.165) is 43.5 Å². The first kappa shape index (κ1) is 16.7. The molecule has 5 heteroatoms. The predicted molar refractivity (Wildman–Crippen MR) is 86.6 cm³/mol. The van der Waals surface area contributed by atoms with Crippen molar-refractivity contribution in [3.8, 4) is 0 Å². The smallest absolute Gasteiger partial charge is 0.227 e. The van der Waals surface area contributed by atoms with Crippen molar-refractivity contribution in [1.82, 2.24) is 14.9 Å². The molecule has 0 aliphatic rings. The standard InChI is InChI=1S/C15H29N5/c1-6-7-11-20(5)15-17-13(2)12-14(18-15)16-9-8-10-19(3)4/h12H,6-11H2,1-5H3,(H,16,17,18). The minimum absolute atomic E-state index is 0.813. The van der Waals surface area contributed by atoms with Crippen molar-refractivity contribution in [2.24, 2.45) is 0 Å². The van der Waals surface area contributed by atoms with Crippen molar-refractivity contribution in [2.45, 2.75) is 33.1 Å². The second kappa shape index (κ2) is 8.74. The fourth-order valence-corrected chi connectivity index (χ4v) is 1.92. The van der Waals surface area contributed by atoms with Gasteiger partial charge in [-0.2, -0.15) is 4.98 Å². The lowest BCUT2D eigenvalue weighted by Gasteiger charge is -2.18. The highest BCUT2D eigenvalue weighted by Crippen LogP contribution is 2.13. The second-order valence-corrected chi connectivity index (χ2v) is 5.55. The van der Waals surface area contributed by atoms with Crippen LogP contribution in [0.5, 0.6) is 0 Å². The molecule has 0 amide bonds. The lowest BCUT2D eigenvalue weighted by atomic mass is 10.3. The number of hydrogen-bond donors (Lipinski definition) is 1. The average molecular weight is 279 g/mol. The van der Waals surface area contributed by atoms with Crippen molar-refractivity contribution in [1.29, 1.82) is 0 Å². The van der Waals surface area contributed by atoms with E-state index in [2.05, 4.69) is 53.2 Å². The number of unbranched alkanes of at least 4 members (excludes halogenated alkanes) is 1. The molecule has 0 atom stereocenters. The zero-order chi connectivity index (χ0) is 15.0. The summed E-state index contributed by atoms with van der Waals surface area (Å²) < 4.78 is 0. The lowest BCUT2D eigenvalue weighted by Crippen LogP contribution is -2.22. The molecule has 0 radical (unpaired) electrons. The van der Waals surface area contributed by atoms with Gasteiger partial charge in [-0.05, 0) is 40.4 Å². The van der Waals surface area contributed by atoms with Gasteiger partial charge in [0.15, 0.2) is 0 Å². The van der Waals surface area contributed by atoms with Crippen LogP contribution in [0.15, 0.2) is 6.07 Å². The molecule has 0 saturated heterocycles. The molecule has 20 heavy (non-hydrogen) atoms. The summed E-state index contributed by atoms with van der Waals surface area (Å²) >= 11 is 0.